The molecule has 0 bridgehead atoms. The largest absolute Gasteiger partial charge is 0.378 e. The van der Waals surface area contributed by atoms with Crippen molar-refractivity contribution in [3.8, 4) is 0 Å². The zero-order valence-electron chi connectivity index (χ0n) is 12.6. The second-order valence-electron chi connectivity index (χ2n) is 5.61. The highest BCUT2D eigenvalue weighted by atomic mass is 32.2. The fourth-order valence-electron chi connectivity index (χ4n) is 2.70. The number of aromatic nitrogens is 1. The summed E-state index contributed by atoms with van der Waals surface area (Å²) in [5.74, 6) is 0.800. The summed E-state index contributed by atoms with van der Waals surface area (Å²) in [5.41, 5.74) is 1.12. The van der Waals surface area contributed by atoms with Crippen LogP contribution in [0.3, 0.4) is 0 Å². The monoisotopic (exact) mass is 323 g/mol. The lowest BCUT2D eigenvalue weighted by Gasteiger charge is -2.29. The molecule has 6 nitrogen and oxygen atoms in total. The second-order valence-corrected chi connectivity index (χ2v) is 7.54. The molecule has 1 aromatic heterocycles. The first-order chi connectivity index (χ1) is 10.6. The summed E-state index contributed by atoms with van der Waals surface area (Å²) in [6.07, 6.45) is 2.93. The lowest BCUT2D eigenvalue weighted by Crippen LogP contribution is -2.37. The summed E-state index contributed by atoms with van der Waals surface area (Å²) in [7, 11) is -3.45. The summed E-state index contributed by atoms with van der Waals surface area (Å²) in [6.45, 7) is 7.86. The molecule has 2 fully saturated rings. The Morgan fingerprint density at radius 2 is 1.77 bits per heavy atom. The van der Waals surface area contributed by atoms with E-state index in [9.17, 15) is 8.42 Å². The van der Waals surface area contributed by atoms with Gasteiger partial charge in [0.25, 0.3) is 0 Å². The second kappa shape index (κ2) is 6.36. The van der Waals surface area contributed by atoms with E-state index in [1.54, 1.807) is 12.1 Å². The first kappa shape index (κ1) is 15.5. The minimum atomic E-state index is -3.45. The molecular formula is C15H21N3O3S. The Hall–Kier alpha value is -1.44. The molecule has 2 aliphatic rings. The highest BCUT2D eigenvalue weighted by molar-refractivity contribution is 7.89. The van der Waals surface area contributed by atoms with Crippen LogP contribution in [0.25, 0.3) is 0 Å². The number of piperidine rings is 1. The number of nitrogens with zero attached hydrogens (tertiary/aromatic N) is 3. The Labute approximate surface area is 131 Å². The molecule has 2 aliphatic heterocycles. The van der Waals surface area contributed by atoms with Gasteiger partial charge in [0.2, 0.25) is 10.0 Å². The Bertz CT molecular complexity index is 627. The van der Waals surface area contributed by atoms with E-state index in [0.29, 0.717) is 26.3 Å². The molecule has 0 unspecified atom stereocenters. The molecule has 0 aliphatic carbocycles. The quantitative estimate of drug-likeness (QED) is 0.784. The minimum Gasteiger partial charge on any atom is -0.378 e. The molecule has 0 spiro atoms. The van der Waals surface area contributed by atoms with Gasteiger partial charge in [0, 0.05) is 32.4 Å². The van der Waals surface area contributed by atoms with Gasteiger partial charge in [0.05, 0.1) is 13.2 Å². The molecule has 3 heterocycles. The molecule has 0 atom stereocenters. The minimum absolute atomic E-state index is 0.261. The smallest absolute Gasteiger partial charge is 0.244 e. The number of pyridine rings is 1. The van der Waals surface area contributed by atoms with E-state index in [-0.39, 0.29) is 4.90 Å². The predicted octanol–water partition coefficient (Wildman–Crippen LogP) is 1.26. The van der Waals surface area contributed by atoms with Crippen molar-refractivity contribution >= 4 is 15.8 Å². The Morgan fingerprint density at radius 1 is 1.09 bits per heavy atom. The molecule has 2 saturated heterocycles. The summed E-state index contributed by atoms with van der Waals surface area (Å²) < 4.78 is 32.0. The van der Waals surface area contributed by atoms with Crippen molar-refractivity contribution in [2.75, 3.05) is 44.3 Å². The molecule has 0 radical (unpaired) electrons. The van der Waals surface area contributed by atoms with Crippen LogP contribution in [-0.4, -0.2) is 57.1 Å². The molecule has 120 valence electrons. The highest BCUT2D eigenvalue weighted by Gasteiger charge is 2.27. The summed E-state index contributed by atoms with van der Waals surface area (Å²) in [6, 6.07) is 3.43. The topological polar surface area (TPSA) is 62.7 Å². The molecule has 1 aromatic rings. The van der Waals surface area contributed by atoms with Crippen molar-refractivity contribution in [3.05, 3.63) is 30.5 Å². The average Bonchev–Trinajstić information content (AvgIpc) is 2.56. The van der Waals surface area contributed by atoms with Gasteiger partial charge in [-0.2, -0.15) is 4.31 Å². The molecule has 0 amide bonds. The third-order valence-corrected chi connectivity index (χ3v) is 6.01. The average molecular weight is 323 g/mol. The Morgan fingerprint density at radius 3 is 2.36 bits per heavy atom. The third-order valence-electron chi connectivity index (χ3n) is 4.12. The maximum atomic E-state index is 12.6. The van der Waals surface area contributed by atoms with Crippen LogP contribution in [0.4, 0.5) is 5.82 Å². The molecule has 0 aromatic carbocycles. The van der Waals surface area contributed by atoms with Gasteiger partial charge >= 0.3 is 0 Å². The van der Waals surface area contributed by atoms with Crippen molar-refractivity contribution in [1.82, 2.24) is 9.29 Å². The van der Waals surface area contributed by atoms with Crippen LogP contribution >= 0.6 is 0 Å². The van der Waals surface area contributed by atoms with Gasteiger partial charge in [0.15, 0.2) is 0 Å². The third kappa shape index (κ3) is 3.16. The van der Waals surface area contributed by atoms with E-state index >= 15 is 0 Å². The summed E-state index contributed by atoms with van der Waals surface area (Å²) in [4.78, 5) is 6.69. The number of anilines is 1. The predicted molar refractivity (Wildman–Crippen MR) is 84.4 cm³/mol. The zero-order chi connectivity index (χ0) is 15.6. The molecule has 3 rings (SSSR count). The molecule has 22 heavy (non-hydrogen) atoms. The number of morpholine rings is 1. The van der Waals surface area contributed by atoms with Crippen molar-refractivity contribution in [3.63, 3.8) is 0 Å². The van der Waals surface area contributed by atoms with E-state index < -0.39 is 10.0 Å². The van der Waals surface area contributed by atoms with E-state index in [1.807, 2.05) is 0 Å². The van der Waals surface area contributed by atoms with Gasteiger partial charge < -0.3 is 9.64 Å². The first-order valence-corrected chi connectivity index (χ1v) is 8.97. The zero-order valence-corrected chi connectivity index (χ0v) is 13.4. The van der Waals surface area contributed by atoms with E-state index in [0.717, 1.165) is 37.3 Å². The van der Waals surface area contributed by atoms with E-state index in [4.69, 9.17) is 4.74 Å². The molecule has 0 N–H and O–H groups in total. The van der Waals surface area contributed by atoms with Crippen molar-refractivity contribution in [2.45, 2.75) is 17.7 Å². The van der Waals surface area contributed by atoms with E-state index in [1.165, 1.54) is 10.5 Å². The van der Waals surface area contributed by atoms with Crippen LogP contribution in [-0.2, 0) is 14.8 Å². The maximum absolute atomic E-state index is 12.6. The summed E-state index contributed by atoms with van der Waals surface area (Å²) in [5, 5.41) is 0. The van der Waals surface area contributed by atoms with Crippen LogP contribution in [0, 0.1) is 0 Å². The van der Waals surface area contributed by atoms with E-state index in [2.05, 4.69) is 16.5 Å². The van der Waals surface area contributed by atoms with Gasteiger partial charge in [-0.25, -0.2) is 13.4 Å². The lowest BCUT2D eigenvalue weighted by atomic mass is 10.1. The number of sulfonamides is 1. The fraction of sp³-hybridized carbons (Fsp3) is 0.533. The van der Waals surface area contributed by atoms with Crippen LogP contribution in [0.5, 0.6) is 0 Å². The number of hydrogen-bond donors (Lipinski definition) is 0. The van der Waals surface area contributed by atoms with Gasteiger partial charge in [0.1, 0.15) is 10.7 Å². The number of ether oxygens (including phenoxy) is 1. The Kier molecular flexibility index (Phi) is 4.46. The van der Waals surface area contributed by atoms with Crippen LogP contribution in [0.15, 0.2) is 35.4 Å². The normalized spacial score (nSPS) is 21.1. The number of hydrogen-bond acceptors (Lipinski definition) is 5. The van der Waals surface area contributed by atoms with Gasteiger partial charge in [-0.1, -0.05) is 12.2 Å². The molecule has 0 saturated carbocycles. The van der Waals surface area contributed by atoms with Crippen LogP contribution < -0.4 is 4.90 Å². The fourth-order valence-corrected chi connectivity index (χ4v) is 4.08. The standard InChI is InChI=1S/C15H21N3O3S/c1-13-4-6-18(7-5-13)22(19,20)14-2-3-15(16-12-14)17-8-10-21-11-9-17/h2-3,12H,1,4-11H2. The number of rotatable bonds is 3. The van der Waals surface area contributed by atoms with Crippen molar-refractivity contribution < 1.29 is 13.2 Å². The SMILES string of the molecule is C=C1CCN(S(=O)(=O)c2ccc(N3CCOCC3)nc2)CC1. The van der Waals surface area contributed by atoms with Gasteiger partial charge in [-0.3, -0.25) is 0 Å². The summed E-state index contributed by atoms with van der Waals surface area (Å²) >= 11 is 0. The highest BCUT2D eigenvalue weighted by Crippen LogP contribution is 2.23. The first-order valence-electron chi connectivity index (χ1n) is 7.53. The Balaban J connectivity index is 1.75. The van der Waals surface area contributed by atoms with Gasteiger partial charge in [-0.05, 0) is 25.0 Å². The molecular weight excluding hydrogens is 302 g/mol. The van der Waals surface area contributed by atoms with Crippen molar-refractivity contribution in [2.24, 2.45) is 0 Å². The van der Waals surface area contributed by atoms with Crippen LogP contribution in [0.2, 0.25) is 0 Å². The van der Waals surface area contributed by atoms with Crippen molar-refractivity contribution in [1.29, 1.82) is 0 Å². The maximum Gasteiger partial charge on any atom is 0.244 e. The van der Waals surface area contributed by atoms with Crippen LogP contribution in [0.1, 0.15) is 12.8 Å². The lowest BCUT2D eigenvalue weighted by molar-refractivity contribution is 0.122. The van der Waals surface area contributed by atoms with Gasteiger partial charge in [-0.15, -0.1) is 0 Å². The molecule has 7 heteroatoms.